The third kappa shape index (κ3) is 3.49. The smallest absolute Gasteiger partial charge is 0.327 e. The van der Waals surface area contributed by atoms with Crippen LogP contribution in [0.25, 0.3) is 11.0 Å². The Balaban J connectivity index is 2.50. The quantitative estimate of drug-likeness (QED) is 0.651. The predicted octanol–water partition coefficient (Wildman–Crippen LogP) is -0.783. The molecule has 2 heterocycles. The number of hydrogen-bond acceptors (Lipinski definition) is 6. The Morgan fingerprint density at radius 2 is 1.96 bits per heavy atom. The molecule has 4 N–H and O–H groups in total. The zero-order valence-electron chi connectivity index (χ0n) is 13.1. The lowest BCUT2D eigenvalue weighted by Gasteiger charge is -2.28. The molecule has 0 aromatic carbocycles. The Bertz CT molecular complexity index is 945. The van der Waals surface area contributed by atoms with Crippen molar-refractivity contribution in [2.75, 3.05) is 20.1 Å². The van der Waals surface area contributed by atoms with Crippen molar-refractivity contribution in [1.82, 2.24) is 19.3 Å². The minimum Gasteiger partial charge on any atom is -0.330 e. The summed E-state index contributed by atoms with van der Waals surface area (Å²) in [5, 5.41) is -0.00263. The summed E-state index contributed by atoms with van der Waals surface area (Å²) in [4.78, 5) is 31.1. The van der Waals surface area contributed by atoms with Crippen LogP contribution in [-0.4, -0.2) is 47.8 Å². The molecular weight excluding hydrogens is 322 g/mol. The molecule has 2 aromatic rings. The van der Waals surface area contributed by atoms with E-state index < -0.39 is 26.7 Å². The first-order valence-electron chi connectivity index (χ1n) is 6.85. The number of H-pyrrole nitrogens is 2. The molecule has 0 spiro atoms. The fourth-order valence-electron chi connectivity index (χ4n) is 2.10. The van der Waals surface area contributed by atoms with Crippen LogP contribution < -0.4 is 17.0 Å². The number of aromatic amines is 2. The molecular formula is C13H19N5O4S. The van der Waals surface area contributed by atoms with Crippen LogP contribution in [0.4, 0.5) is 0 Å². The fourth-order valence-corrected chi connectivity index (χ4v) is 3.43. The zero-order valence-corrected chi connectivity index (χ0v) is 13.9. The van der Waals surface area contributed by atoms with Crippen LogP contribution in [0.2, 0.25) is 0 Å². The van der Waals surface area contributed by atoms with E-state index in [0.717, 1.165) is 6.20 Å². The van der Waals surface area contributed by atoms with Crippen LogP contribution in [-0.2, 0) is 10.0 Å². The van der Waals surface area contributed by atoms with E-state index in [-0.39, 0.29) is 22.5 Å². The topological polar surface area (TPSA) is 142 Å². The number of nitrogens with two attached hydrogens (primary N) is 1. The maximum absolute atomic E-state index is 12.6. The number of aromatic nitrogens is 3. The second-order valence-electron chi connectivity index (χ2n) is 6.10. The average Bonchev–Trinajstić information content (AvgIpc) is 2.46. The first kappa shape index (κ1) is 17.3. The number of fused-ring (bicyclic) bond motifs is 1. The zero-order chi connectivity index (χ0) is 17.4. The molecule has 23 heavy (non-hydrogen) atoms. The van der Waals surface area contributed by atoms with Gasteiger partial charge in [0, 0.05) is 19.8 Å². The monoisotopic (exact) mass is 341 g/mol. The highest BCUT2D eigenvalue weighted by Crippen LogP contribution is 2.21. The highest BCUT2D eigenvalue weighted by atomic mass is 32.2. The van der Waals surface area contributed by atoms with E-state index in [1.807, 2.05) is 18.8 Å². The van der Waals surface area contributed by atoms with Crippen molar-refractivity contribution in [2.24, 2.45) is 11.1 Å². The van der Waals surface area contributed by atoms with E-state index in [0.29, 0.717) is 6.54 Å². The van der Waals surface area contributed by atoms with Gasteiger partial charge in [0.2, 0.25) is 10.0 Å². The minimum absolute atomic E-state index is 0.00263. The van der Waals surface area contributed by atoms with Crippen molar-refractivity contribution < 1.29 is 8.42 Å². The lowest BCUT2D eigenvalue weighted by Crippen LogP contribution is -2.39. The molecule has 0 amide bonds. The molecule has 0 unspecified atom stereocenters. The number of sulfonamides is 1. The summed E-state index contributed by atoms with van der Waals surface area (Å²) in [7, 11) is -2.39. The molecule has 0 saturated heterocycles. The number of nitrogens with one attached hydrogen (secondary N) is 2. The summed E-state index contributed by atoms with van der Waals surface area (Å²) < 4.78 is 26.4. The molecule has 0 bridgehead atoms. The molecule has 0 saturated carbocycles. The van der Waals surface area contributed by atoms with Gasteiger partial charge in [-0.05, 0) is 18.0 Å². The molecule has 2 rings (SSSR count). The summed E-state index contributed by atoms with van der Waals surface area (Å²) >= 11 is 0. The van der Waals surface area contributed by atoms with E-state index in [4.69, 9.17) is 5.73 Å². The van der Waals surface area contributed by atoms with Crippen LogP contribution in [0.3, 0.4) is 0 Å². The van der Waals surface area contributed by atoms with E-state index in [9.17, 15) is 18.0 Å². The number of pyridine rings is 1. The van der Waals surface area contributed by atoms with Crippen LogP contribution in [0, 0.1) is 5.41 Å². The van der Waals surface area contributed by atoms with E-state index in [2.05, 4.69) is 9.97 Å². The van der Waals surface area contributed by atoms with Gasteiger partial charge in [-0.1, -0.05) is 13.8 Å². The van der Waals surface area contributed by atoms with Gasteiger partial charge in [-0.25, -0.2) is 22.5 Å². The third-order valence-corrected chi connectivity index (χ3v) is 5.25. The van der Waals surface area contributed by atoms with Crippen LogP contribution in [0.1, 0.15) is 13.8 Å². The molecule has 0 atom stereocenters. The van der Waals surface area contributed by atoms with Crippen molar-refractivity contribution in [1.29, 1.82) is 0 Å². The molecule has 10 heteroatoms. The number of nitrogens with zero attached hydrogens (tertiary/aromatic N) is 2. The van der Waals surface area contributed by atoms with Crippen molar-refractivity contribution in [3.8, 4) is 0 Å². The Morgan fingerprint density at radius 3 is 2.57 bits per heavy atom. The summed E-state index contributed by atoms with van der Waals surface area (Å²) in [6.45, 7) is 4.25. The Morgan fingerprint density at radius 1 is 1.30 bits per heavy atom. The second-order valence-corrected chi connectivity index (χ2v) is 8.15. The van der Waals surface area contributed by atoms with Crippen LogP contribution in [0.5, 0.6) is 0 Å². The molecule has 0 fully saturated rings. The van der Waals surface area contributed by atoms with Crippen molar-refractivity contribution in [2.45, 2.75) is 18.7 Å². The van der Waals surface area contributed by atoms with Gasteiger partial charge in [-0.2, -0.15) is 0 Å². The van der Waals surface area contributed by atoms with Gasteiger partial charge in [-0.3, -0.25) is 14.8 Å². The van der Waals surface area contributed by atoms with Gasteiger partial charge in [0.25, 0.3) is 5.56 Å². The van der Waals surface area contributed by atoms with E-state index >= 15 is 0 Å². The first-order valence-corrected chi connectivity index (χ1v) is 8.29. The molecule has 0 aliphatic rings. The minimum atomic E-state index is -3.83. The van der Waals surface area contributed by atoms with Crippen molar-refractivity contribution >= 4 is 21.1 Å². The van der Waals surface area contributed by atoms with Gasteiger partial charge in [-0.15, -0.1) is 0 Å². The SMILES string of the molecule is CN(CC(C)(C)CN)S(=O)(=O)c1cnc2[nH]c(=O)[nH]c(=O)c2c1. The van der Waals surface area contributed by atoms with E-state index in [1.54, 1.807) is 0 Å². The molecule has 126 valence electrons. The number of rotatable bonds is 5. The highest BCUT2D eigenvalue weighted by Gasteiger charge is 2.27. The van der Waals surface area contributed by atoms with E-state index in [1.165, 1.54) is 17.4 Å². The molecule has 0 radical (unpaired) electrons. The molecule has 9 nitrogen and oxygen atoms in total. The van der Waals surface area contributed by atoms with Crippen molar-refractivity contribution in [3.63, 3.8) is 0 Å². The largest absolute Gasteiger partial charge is 0.330 e. The lowest BCUT2D eigenvalue weighted by atomic mass is 9.94. The van der Waals surface area contributed by atoms with Gasteiger partial charge < -0.3 is 5.73 Å². The van der Waals surface area contributed by atoms with Crippen LogP contribution >= 0.6 is 0 Å². The van der Waals surface area contributed by atoms with Crippen molar-refractivity contribution in [3.05, 3.63) is 33.1 Å². The summed E-state index contributed by atoms with van der Waals surface area (Å²) in [5.74, 6) is 0. The third-order valence-electron chi connectivity index (χ3n) is 3.48. The van der Waals surface area contributed by atoms with Crippen LogP contribution in [0.15, 0.2) is 26.7 Å². The summed E-state index contributed by atoms with van der Waals surface area (Å²) in [6, 6.07) is 1.19. The second kappa shape index (κ2) is 5.87. The number of hydrogen-bond donors (Lipinski definition) is 3. The molecule has 2 aromatic heterocycles. The van der Waals surface area contributed by atoms with Gasteiger partial charge >= 0.3 is 5.69 Å². The first-order chi connectivity index (χ1) is 10.6. The Kier molecular flexibility index (Phi) is 4.42. The van der Waals surface area contributed by atoms with Gasteiger partial charge in [0.05, 0.1) is 5.39 Å². The standard InChI is InChI=1S/C13H19N5O4S/c1-13(2,6-14)7-18(3)23(21,22)8-4-9-10(15-5-8)16-12(20)17-11(9)19/h4-5H,6-7,14H2,1-3H3,(H2,15,16,17,19,20). The Hall–Kier alpha value is -2.04. The maximum Gasteiger partial charge on any atom is 0.327 e. The average molecular weight is 341 g/mol. The molecule has 0 aliphatic carbocycles. The molecule has 0 aliphatic heterocycles. The van der Waals surface area contributed by atoms with Gasteiger partial charge in [0.15, 0.2) is 0 Å². The highest BCUT2D eigenvalue weighted by molar-refractivity contribution is 7.89. The predicted molar refractivity (Wildman–Crippen MR) is 85.6 cm³/mol. The van der Waals surface area contributed by atoms with Gasteiger partial charge in [0.1, 0.15) is 10.5 Å². The summed E-state index contributed by atoms with van der Waals surface area (Å²) in [5.41, 5.74) is 3.87. The Labute approximate surface area is 132 Å². The normalized spacial score (nSPS) is 12.9. The maximum atomic E-state index is 12.6. The fraction of sp³-hybridized carbons (Fsp3) is 0.462. The lowest BCUT2D eigenvalue weighted by molar-refractivity contribution is 0.292. The summed E-state index contributed by atoms with van der Waals surface area (Å²) in [6.07, 6.45) is 1.11.